The molecule has 1 aromatic carbocycles. The van der Waals surface area contributed by atoms with Crippen molar-refractivity contribution in [3.63, 3.8) is 0 Å². The third-order valence-electron chi connectivity index (χ3n) is 1.51. The molecule has 16 heavy (non-hydrogen) atoms. The molecule has 0 fully saturated rings. The third kappa shape index (κ3) is 3.55. The van der Waals surface area contributed by atoms with Crippen LogP contribution in [-0.4, -0.2) is 10.8 Å². The summed E-state index contributed by atoms with van der Waals surface area (Å²) in [6.07, 6.45) is -4.53. The van der Waals surface area contributed by atoms with E-state index >= 15 is 0 Å². The molecule has 0 atom stereocenters. The summed E-state index contributed by atoms with van der Waals surface area (Å²) < 4.78 is 34.9. The standard InChI is InChI=1S/C9H5BrF3N3/c10-8(9(11,12)13)16-15-7-3-1-2-6(4-7)5-14/h1-4,15H. The van der Waals surface area contributed by atoms with Gasteiger partial charge in [0.25, 0.3) is 0 Å². The second-order valence-electron chi connectivity index (χ2n) is 2.70. The Morgan fingerprint density at radius 2 is 2.12 bits per heavy atom. The van der Waals surface area contributed by atoms with E-state index in [-0.39, 0.29) is 0 Å². The van der Waals surface area contributed by atoms with E-state index < -0.39 is 10.8 Å². The van der Waals surface area contributed by atoms with Crippen LogP contribution in [0.3, 0.4) is 0 Å². The first-order chi connectivity index (χ1) is 7.43. The second kappa shape index (κ2) is 4.99. The minimum atomic E-state index is -4.53. The average Bonchev–Trinajstić information content (AvgIpc) is 2.25. The van der Waals surface area contributed by atoms with Crippen LogP contribution in [0.2, 0.25) is 0 Å². The van der Waals surface area contributed by atoms with Gasteiger partial charge in [0.2, 0.25) is 4.62 Å². The molecule has 0 aliphatic rings. The number of hydrogen-bond acceptors (Lipinski definition) is 3. The van der Waals surface area contributed by atoms with Crippen molar-refractivity contribution >= 4 is 26.2 Å². The van der Waals surface area contributed by atoms with Crippen LogP contribution >= 0.6 is 15.9 Å². The summed E-state index contributed by atoms with van der Waals surface area (Å²) in [5.74, 6) is 0. The molecule has 0 aromatic heterocycles. The normalized spacial score (nSPS) is 12.1. The van der Waals surface area contributed by atoms with Crippen LogP contribution in [0.1, 0.15) is 5.56 Å². The zero-order valence-corrected chi connectivity index (χ0v) is 9.30. The Kier molecular flexibility index (Phi) is 3.90. The smallest absolute Gasteiger partial charge is 0.277 e. The van der Waals surface area contributed by atoms with Gasteiger partial charge in [-0.15, -0.1) is 0 Å². The minimum Gasteiger partial charge on any atom is -0.277 e. The van der Waals surface area contributed by atoms with E-state index in [0.29, 0.717) is 11.3 Å². The number of benzene rings is 1. The van der Waals surface area contributed by atoms with Crippen molar-refractivity contribution in [2.45, 2.75) is 6.18 Å². The van der Waals surface area contributed by atoms with Crippen LogP contribution in [0.4, 0.5) is 18.9 Å². The maximum absolute atomic E-state index is 12.0. The van der Waals surface area contributed by atoms with Crippen LogP contribution in [0.15, 0.2) is 29.4 Å². The van der Waals surface area contributed by atoms with E-state index in [1.807, 2.05) is 6.07 Å². The fourth-order valence-corrected chi connectivity index (χ4v) is 0.924. The molecule has 84 valence electrons. The molecule has 0 bridgehead atoms. The van der Waals surface area contributed by atoms with Crippen molar-refractivity contribution in [2.24, 2.45) is 5.10 Å². The number of halogens is 4. The van der Waals surface area contributed by atoms with Gasteiger partial charge in [0.15, 0.2) is 0 Å². The molecule has 3 nitrogen and oxygen atoms in total. The Morgan fingerprint density at radius 3 is 2.69 bits per heavy atom. The largest absolute Gasteiger partial charge is 0.441 e. The van der Waals surface area contributed by atoms with E-state index in [9.17, 15) is 13.2 Å². The number of nitriles is 1. The van der Waals surface area contributed by atoms with Gasteiger partial charge in [-0.2, -0.15) is 23.5 Å². The lowest BCUT2D eigenvalue weighted by Crippen LogP contribution is -2.17. The van der Waals surface area contributed by atoms with Crippen LogP contribution in [0.5, 0.6) is 0 Å². The Hall–Kier alpha value is -1.55. The second-order valence-corrected chi connectivity index (χ2v) is 3.46. The SMILES string of the molecule is N#Cc1cccc(NN=C(Br)C(F)(F)F)c1. The molecule has 1 aromatic rings. The molecule has 1 N–H and O–H groups in total. The fraction of sp³-hybridized carbons (Fsp3) is 0.111. The predicted molar refractivity (Wildman–Crippen MR) is 57.2 cm³/mol. The fourth-order valence-electron chi connectivity index (χ4n) is 0.835. The van der Waals surface area contributed by atoms with Crippen LogP contribution in [-0.2, 0) is 0 Å². The van der Waals surface area contributed by atoms with Crippen molar-refractivity contribution in [1.82, 2.24) is 0 Å². The molecule has 7 heteroatoms. The summed E-state index contributed by atoms with van der Waals surface area (Å²) in [5, 5.41) is 11.7. The molecule has 0 heterocycles. The predicted octanol–water partition coefficient (Wildman–Crippen LogP) is 3.24. The van der Waals surface area contributed by atoms with Gasteiger partial charge in [0.05, 0.1) is 17.3 Å². The molecule has 0 aliphatic heterocycles. The molecular formula is C9H5BrF3N3. The third-order valence-corrected chi connectivity index (χ3v) is 2.14. The Balaban J connectivity index is 2.79. The zero-order chi connectivity index (χ0) is 12.2. The summed E-state index contributed by atoms with van der Waals surface area (Å²) >= 11 is 2.29. The van der Waals surface area contributed by atoms with Gasteiger partial charge in [0.1, 0.15) is 0 Å². The lowest BCUT2D eigenvalue weighted by Gasteiger charge is -2.05. The minimum absolute atomic E-state index is 0.306. The molecule has 0 saturated carbocycles. The molecule has 0 spiro atoms. The van der Waals surface area contributed by atoms with E-state index in [0.717, 1.165) is 0 Å². The first-order valence-electron chi connectivity index (χ1n) is 4.00. The highest BCUT2D eigenvalue weighted by atomic mass is 79.9. The van der Waals surface area contributed by atoms with Crippen molar-refractivity contribution in [3.05, 3.63) is 29.8 Å². The Bertz CT molecular complexity index is 448. The van der Waals surface area contributed by atoms with Gasteiger partial charge in [0, 0.05) is 0 Å². The highest BCUT2D eigenvalue weighted by molar-refractivity contribution is 9.18. The van der Waals surface area contributed by atoms with Gasteiger partial charge in [-0.25, -0.2) is 0 Å². The van der Waals surface area contributed by atoms with Crippen molar-refractivity contribution in [1.29, 1.82) is 5.26 Å². The number of hydrogen-bond donors (Lipinski definition) is 1. The molecule has 0 saturated heterocycles. The average molecular weight is 292 g/mol. The highest BCUT2D eigenvalue weighted by Gasteiger charge is 2.34. The molecule has 0 radical (unpaired) electrons. The Morgan fingerprint density at radius 1 is 1.44 bits per heavy atom. The molecule has 1 rings (SSSR count). The monoisotopic (exact) mass is 291 g/mol. The molecule has 0 unspecified atom stereocenters. The summed E-state index contributed by atoms with van der Waals surface area (Å²) in [6.45, 7) is 0. The van der Waals surface area contributed by atoms with E-state index in [4.69, 9.17) is 5.26 Å². The number of nitrogens with one attached hydrogen (secondary N) is 1. The summed E-state index contributed by atoms with van der Waals surface area (Å²) in [5.41, 5.74) is 2.84. The number of anilines is 1. The van der Waals surface area contributed by atoms with Gasteiger partial charge in [-0.05, 0) is 34.1 Å². The lowest BCUT2D eigenvalue weighted by atomic mass is 10.2. The number of alkyl halides is 3. The number of rotatable bonds is 2. The van der Waals surface area contributed by atoms with E-state index in [1.54, 1.807) is 0 Å². The van der Waals surface area contributed by atoms with Gasteiger partial charge in [-0.1, -0.05) is 6.07 Å². The highest BCUT2D eigenvalue weighted by Crippen LogP contribution is 2.21. The first-order valence-corrected chi connectivity index (χ1v) is 4.79. The molecular weight excluding hydrogens is 287 g/mol. The zero-order valence-electron chi connectivity index (χ0n) is 7.72. The van der Waals surface area contributed by atoms with Crippen LogP contribution in [0.25, 0.3) is 0 Å². The van der Waals surface area contributed by atoms with Gasteiger partial charge in [-0.3, -0.25) is 5.43 Å². The van der Waals surface area contributed by atoms with Crippen molar-refractivity contribution in [3.8, 4) is 6.07 Å². The topological polar surface area (TPSA) is 48.2 Å². The summed E-state index contributed by atoms with van der Waals surface area (Å²) in [4.78, 5) is 0. The van der Waals surface area contributed by atoms with Crippen LogP contribution < -0.4 is 5.43 Å². The van der Waals surface area contributed by atoms with Gasteiger partial charge < -0.3 is 0 Å². The maximum Gasteiger partial charge on any atom is 0.441 e. The Labute approximate surface area is 97.7 Å². The summed E-state index contributed by atoms with van der Waals surface area (Å²) in [7, 11) is 0. The number of hydrazone groups is 1. The number of nitrogens with zero attached hydrogens (tertiary/aromatic N) is 2. The molecule has 0 amide bonds. The lowest BCUT2D eigenvalue weighted by molar-refractivity contribution is -0.0551. The van der Waals surface area contributed by atoms with E-state index in [1.165, 1.54) is 24.3 Å². The summed E-state index contributed by atoms with van der Waals surface area (Å²) in [6, 6.07) is 7.83. The quantitative estimate of drug-likeness (QED) is 0.672. The van der Waals surface area contributed by atoms with Gasteiger partial charge >= 0.3 is 6.18 Å². The first kappa shape index (κ1) is 12.5. The molecule has 0 aliphatic carbocycles. The van der Waals surface area contributed by atoms with Crippen molar-refractivity contribution in [2.75, 3.05) is 5.43 Å². The van der Waals surface area contributed by atoms with Crippen LogP contribution in [0, 0.1) is 11.3 Å². The van der Waals surface area contributed by atoms with E-state index in [2.05, 4.69) is 26.5 Å². The van der Waals surface area contributed by atoms with Crippen molar-refractivity contribution < 1.29 is 13.2 Å². The maximum atomic E-state index is 12.0.